The fraction of sp³-hybridized carbons (Fsp3) is 0.200. The third kappa shape index (κ3) is 4.86. The van der Waals surface area contributed by atoms with Crippen molar-refractivity contribution in [3.63, 3.8) is 0 Å². The van der Waals surface area contributed by atoms with Gasteiger partial charge in [-0.25, -0.2) is 4.79 Å². The fourth-order valence-electron chi connectivity index (χ4n) is 3.87. The lowest BCUT2D eigenvalue weighted by Gasteiger charge is -2.20. The quantitative estimate of drug-likeness (QED) is 0.536. The fourth-order valence-corrected chi connectivity index (χ4v) is 3.87. The molecule has 1 aliphatic rings. The molecule has 0 fully saturated rings. The van der Waals surface area contributed by atoms with Crippen LogP contribution in [0.2, 0.25) is 0 Å². The molecule has 0 radical (unpaired) electrons. The lowest BCUT2D eigenvalue weighted by Crippen LogP contribution is -2.31. The number of para-hydroxylation sites is 1. The van der Waals surface area contributed by atoms with Crippen LogP contribution in [-0.4, -0.2) is 18.5 Å². The number of amides is 3. The van der Waals surface area contributed by atoms with E-state index >= 15 is 0 Å². The van der Waals surface area contributed by atoms with Crippen LogP contribution in [0.1, 0.15) is 31.0 Å². The molecule has 1 unspecified atom stereocenters. The number of nitrogens with one attached hydrogen (secondary N) is 3. The number of hydrogen-bond acceptors (Lipinski definition) is 3. The van der Waals surface area contributed by atoms with Crippen LogP contribution in [0, 0.1) is 0 Å². The predicted octanol–water partition coefficient (Wildman–Crippen LogP) is 5.22. The van der Waals surface area contributed by atoms with Gasteiger partial charge in [0.05, 0.1) is 6.04 Å². The van der Waals surface area contributed by atoms with Gasteiger partial charge in [-0.05, 0) is 66.9 Å². The van der Waals surface area contributed by atoms with E-state index < -0.39 is 0 Å². The number of carbonyl (C=O) groups is 2. The Hall–Kier alpha value is -3.80. The Balaban J connectivity index is 1.36. The van der Waals surface area contributed by atoms with Crippen LogP contribution in [0.25, 0.3) is 0 Å². The van der Waals surface area contributed by atoms with Crippen molar-refractivity contribution in [2.45, 2.75) is 26.3 Å². The molecule has 3 N–H and O–H groups in total. The van der Waals surface area contributed by atoms with Gasteiger partial charge in [0, 0.05) is 36.2 Å². The van der Waals surface area contributed by atoms with Gasteiger partial charge in [-0.15, -0.1) is 0 Å². The minimum Gasteiger partial charge on any atom is -0.341 e. The van der Waals surface area contributed by atoms with E-state index in [2.05, 4.69) is 45.1 Å². The summed E-state index contributed by atoms with van der Waals surface area (Å²) in [6.07, 6.45) is 1.04. The summed E-state index contributed by atoms with van der Waals surface area (Å²) < 4.78 is 0. The minimum absolute atomic E-state index is 0.128. The number of hydrogen-bond donors (Lipinski definition) is 3. The summed E-state index contributed by atoms with van der Waals surface area (Å²) in [5, 5.41) is 8.58. The molecule has 0 bridgehead atoms. The van der Waals surface area contributed by atoms with Crippen molar-refractivity contribution in [3.05, 3.63) is 83.9 Å². The van der Waals surface area contributed by atoms with Crippen LogP contribution >= 0.6 is 0 Å². The Kier molecular flexibility index (Phi) is 5.89. The summed E-state index contributed by atoms with van der Waals surface area (Å²) in [4.78, 5) is 26.0. The first-order chi connectivity index (χ1) is 15.0. The van der Waals surface area contributed by atoms with Crippen LogP contribution in [0.4, 0.5) is 27.5 Å². The average Bonchev–Trinajstić information content (AvgIpc) is 3.18. The first-order valence-corrected chi connectivity index (χ1v) is 10.4. The number of benzene rings is 3. The summed E-state index contributed by atoms with van der Waals surface area (Å²) in [6.45, 7) is 4.33. The van der Waals surface area contributed by atoms with Gasteiger partial charge < -0.3 is 20.9 Å². The zero-order chi connectivity index (χ0) is 21.8. The van der Waals surface area contributed by atoms with Crippen molar-refractivity contribution < 1.29 is 9.59 Å². The van der Waals surface area contributed by atoms with Gasteiger partial charge >= 0.3 is 6.03 Å². The molecule has 0 spiro atoms. The standard InChI is InChI=1S/C25H26N4O2/c1-17(20-7-5-8-22(16-20)27-18(2)30)26-25(31)28-21-10-12-23(13-11-21)29-15-14-19-6-3-4-9-24(19)29/h3-13,16-17H,14-15H2,1-2H3,(H,27,30)(H2,26,28,31). The summed E-state index contributed by atoms with van der Waals surface area (Å²) in [5.41, 5.74) is 6.06. The largest absolute Gasteiger partial charge is 0.341 e. The molecule has 1 heterocycles. The van der Waals surface area contributed by atoms with Gasteiger partial charge in [-0.3, -0.25) is 4.79 Å². The molecule has 3 amide bonds. The van der Waals surface area contributed by atoms with Crippen LogP contribution in [0.5, 0.6) is 0 Å². The summed E-state index contributed by atoms with van der Waals surface area (Å²) in [5.74, 6) is -0.128. The van der Waals surface area contributed by atoms with E-state index in [1.54, 1.807) is 0 Å². The van der Waals surface area contributed by atoms with Crippen LogP contribution < -0.4 is 20.9 Å². The van der Waals surface area contributed by atoms with E-state index in [1.165, 1.54) is 18.2 Å². The maximum absolute atomic E-state index is 12.5. The van der Waals surface area contributed by atoms with Gasteiger partial charge in [-0.1, -0.05) is 30.3 Å². The topological polar surface area (TPSA) is 73.5 Å². The molecule has 0 aliphatic carbocycles. The highest BCUT2D eigenvalue weighted by Crippen LogP contribution is 2.34. The highest BCUT2D eigenvalue weighted by molar-refractivity contribution is 5.90. The highest BCUT2D eigenvalue weighted by atomic mass is 16.2. The Morgan fingerprint density at radius 3 is 2.45 bits per heavy atom. The lowest BCUT2D eigenvalue weighted by atomic mass is 10.1. The van der Waals surface area contributed by atoms with Gasteiger partial charge in [-0.2, -0.15) is 0 Å². The normalized spacial score (nSPS) is 13.3. The molecule has 4 rings (SSSR count). The first kappa shape index (κ1) is 20.5. The van der Waals surface area contributed by atoms with E-state index in [-0.39, 0.29) is 18.0 Å². The second-order valence-corrected chi connectivity index (χ2v) is 7.70. The molecule has 158 valence electrons. The van der Waals surface area contributed by atoms with Gasteiger partial charge in [0.25, 0.3) is 0 Å². The molecule has 1 atom stereocenters. The van der Waals surface area contributed by atoms with Crippen LogP contribution in [-0.2, 0) is 11.2 Å². The Morgan fingerprint density at radius 1 is 0.903 bits per heavy atom. The van der Waals surface area contributed by atoms with Gasteiger partial charge in [0.15, 0.2) is 0 Å². The zero-order valence-corrected chi connectivity index (χ0v) is 17.7. The van der Waals surface area contributed by atoms with Crippen LogP contribution in [0.15, 0.2) is 72.8 Å². The molecule has 1 aliphatic heterocycles. The number of nitrogens with zero attached hydrogens (tertiary/aromatic N) is 1. The predicted molar refractivity (Wildman–Crippen MR) is 125 cm³/mol. The van der Waals surface area contributed by atoms with Crippen LogP contribution in [0.3, 0.4) is 0 Å². The third-order valence-electron chi connectivity index (χ3n) is 5.38. The Labute approximate surface area is 182 Å². The Morgan fingerprint density at radius 2 is 1.68 bits per heavy atom. The molecular weight excluding hydrogens is 388 g/mol. The Bertz CT molecular complexity index is 1090. The zero-order valence-electron chi connectivity index (χ0n) is 17.7. The number of rotatable bonds is 5. The van der Waals surface area contributed by atoms with Crippen molar-refractivity contribution in [2.24, 2.45) is 0 Å². The second-order valence-electron chi connectivity index (χ2n) is 7.70. The van der Waals surface area contributed by atoms with E-state index in [0.717, 1.165) is 29.9 Å². The SMILES string of the molecule is CC(=O)Nc1cccc(C(C)NC(=O)Nc2ccc(N3CCc4ccccc43)cc2)c1. The minimum atomic E-state index is -0.281. The van der Waals surface area contributed by atoms with Crippen molar-refractivity contribution in [3.8, 4) is 0 Å². The molecule has 6 nitrogen and oxygen atoms in total. The van der Waals surface area contributed by atoms with E-state index in [0.29, 0.717) is 5.69 Å². The van der Waals surface area contributed by atoms with E-state index in [1.807, 2.05) is 55.5 Å². The maximum Gasteiger partial charge on any atom is 0.319 e. The van der Waals surface area contributed by atoms with E-state index in [9.17, 15) is 9.59 Å². The number of fused-ring (bicyclic) bond motifs is 1. The van der Waals surface area contributed by atoms with Crippen molar-refractivity contribution in [2.75, 3.05) is 22.1 Å². The summed E-state index contributed by atoms with van der Waals surface area (Å²) >= 11 is 0. The summed E-state index contributed by atoms with van der Waals surface area (Å²) in [7, 11) is 0. The van der Waals surface area contributed by atoms with Crippen molar-refractivity contribution in [1.29, 1.82) is 0 Å². The number of urea groups is 1. The molecule has 3 aromatic carbocycles. The van der Waals surface area contributed by atoms with Gasteiger partial charge in [0.1, 0.15) is 0 Å². The summed E-state index contributed by atoms with van der Waals surface area (Å²) in [6, 6.07) is 23.3. The number of carbonyl (C=O) groups excluding carboxylic acids is 2. The molecule has 0 aromatic heterocycles. The monoisotopic (exact) mass is 414 g/mol. The highest BCUT2D eigenvalue weighted by Gasteiger charge is 2.19. The molecule has 0 saturated heterocycles. The number of anilines is 4. The first-order valence-electron chi connectivity index (χ1n) is 10.4. The molecular formula is C25H26N4O2. The second kappa shape index (κ2) is 8.92. The molecule has 31 heavy (non-hydrogen) atoms. The van der Waals surface area contributed by atoms with Crippen molar-refractivity contribution >= 4 is 34.7 Å². The lowest BCUT2D eigenvalue weighted by molar-refractivity contribution is -0.114. The third-order valence-corrected chi connectivity index (χ3v) is 5.38. The smallest absolute Gasteiger partial charge is 0.319 e. The molecule has 3 aromatic rings. The van der Waals surface area contributed by atoms with Crippen molar-refractivity contribution in [1.82, 2.24) is 5.32 Å². The molecule has 0 saturated carbocycles. The van der Waals surface area contributed by atoms with E-state index in [4.69, 9.17) is 0 Å². The maximum atomic E-state index is 12.5. The molecule has 6 heteroatoms. The van der Waals surface area contributed by atoms with Gasteiger partial charge in [0.2, 0.25) is 5.91 Å². The average molecular weight is 415 g/mol.